The first-order chi connectivity index (χ1) is 10.1. The Morgan fingerprint density at radius 3 is 2.71 bits per heavy atom. The molecule has 21 heavy (non-hydrogen) atoms. The van der Waals surface area contributed by atoms with Crippen LogP contribution in [0.3, 0.4) is 0 Å². The van der Waals surface area contributed by atoms with Crippen molar-refractivity contribution in [1.29, 1.82) is 0 Å². The average Bonchev–Trinajstić information content (AvgIpc) is 2.47. The second kappa shape index (κ2) is 9.37. The molecule has 5 nitrogen and oxygen atoms in total. The van der Waals surface area contributed by atoms with Gasteiger partial charge in [0.2, 0.25) is 0 Å². The lowest BCUT2D eigenvalue weighted by Gasteiger charge is -2.26. The summed E-state index contributed by atoms with van der Waals surface area (Å²) in [5.41, 5.74) is 10.9. The third-order valence-electron chi connectivity index (χ3n) is 3.60. The third-order valence-corrected chi connectivity index (χ3v) is 3.60. The molecule has 0 aliphatic heterocycles. The van der Waals surface area contributed by atoms with Crippen LogP contribution in [-0.2, 0) is 13.0 Å². The maximum absolute atomic E-state index is 11.2. The van der Waals surface area contributed by atoms with Gasteiger partial charge in [-0.1, -0.05) is 31.2 Å². The van der Waals surface area contributed by atoms with Gasteiger partial charge in [0.1, 0.15) is 0 Å². The Bertz CT molecular complexity index is 437. The highest BCUT2D eigenvalue weighted by atomic mass is 16.4. The fourth-order valence-electron chi connectivity index (χ4n) is 2.14. The first-order valence-electron chi connectivity index (χ1n) is 7.62. The molecule has 1 aromatic carbocycles. The van der Waals surface area contributed by atoms with Crippen molar-refractivity contribution in [1.82, 2.24) is 10.4 Å². The quantitative estimate of drug-likeness (QED) is 0.483. The summed E-state index contributed by atoms with van der Waals surface area (Å²) in [7, 11) is 0. The Kier molecular flexibility index (Phi) is 7.79. The van der Waals surface area contributed by atoms with Crippen molar-refractivity contribution in [3.63, 3.8) is 0 Å². The molecular weight excluding hydrogens is 266 g/mol. The number of nitrogens with zero attached hydrogens (tertiary/aromatic N) is 1. The molecule has 0 unspecified atom stereocenters. The summed E-state index contributed by atoms with van der Waals surface area (Å²) >= 11 is 0. The van der Waals surface area contributed by atoms with Crippen LogP contribution in [0.2, 0.25) is 0 Å². The van der Waals surface area contributed by atoms with Gasteiger partial charge in [0.25, 0.3) is 0 Å². The van der Waals surface area contributed by atoms with Gasteiger partial charge < -0.3 is 10.8 Å². The highest BCUT2D eigenvalue weighted by Gasteiger charge is 2.17. The number of hydrazine groups is 1. The summed E-state index contributed by atoms with van der Waals surface area (Å²) in [4.78, 5) is 11.2. The molecule has 0 aliphatic rings. The van der Waals surface area contributed by atoms with Gasteiger partial charge in [0.05, 0.1) is 0 Å². The van der Waals surface area contributed by atoms with Crippen molar-refractivity contribution in [2.24, 2.45) is 5.73 Å². The molecule has 0 spiro atoms. The number of aryl methyl sites for hydroxylation is 1. The van der Waals surface area contributed by atoms with Gasteiger partial charge in [0, 0.05) is 12.6 Å². The topological polar surface area (TPSA) is 78.6 Å². The molecular formula is C16H27N3O2. The minimum atomic E-state index is -0.941. The lowest BCUT2D eigenvalue weighted by Crippen LogP contribution is -2.47. The number of rotatable bonds is 9. The van der Waals surface area contributed by atoms with E-state index in [2.05, 4.69) is 17.6 Å². The molecule has 5 heteroatoms. The average molecular weight is 293 g/mol. The molecule has 0 saturated carbocycles. The molecule has 1 aromatic rings. The van der Waals surface area contributed by atoms with Gasteiger partial charge in [0.15, 0.2) is 0 Å². The standard InChI is InChI=1S/C16H27N3O2/c1-3-13(2)19(16(20)21)18-12-15-9-6-8-14(11-15)7-4-5-10-17/h6,8-9,11,13,18H,3-5,7,10,12,17H2,1-2H3,(H,20,21)/t13-/m1/s1. The Hall–Kier alpha value is -1.59. The van der Waals surface area contributed by atoms with Gasteiger partial charge in [-0.05, 0) is 50.3 Å². The second-order valence-corrected chi connectivity index (χ2v) is 5.31. The second-order valence-electron chi connectivity index (χ2n) is 5.31. The lowest BCUT2D eigenvalue weighted by molar-refractivity contribution is 0.0942. The van der Waals surface area contributed by atoms with Crippen LogP contribution in [0.25, 0.3) is 0 Å². The Balaban J connectivity index is 2.57. The van der Waals surface area contributed by atoms with Crippen LogP contribution in [-0.4, -0.2) is 28.8 Å². The summed E-state index contributed by atoms with van der Waals surface area (Å²) < 4.78 is 0. The maximum Gasteiger partial charge on any atom is 0.422 e. The van der Waals surface area contributed by atoms with E-state index in [-0.39, 0.29) is 6.04 Å². The number of unbranched alkanes of at least 4 members (excludes halogenated alkanes) is 1. The zero-order chi connectivity index (χ0) is 15.7. The Morgan fingerprint density at radius 2 is 2.10 bits per heavy atom. The van der Waals surface area contributed by atoms with E-state index in [9.17, 15) is 9.90 Å². The Labute approximate surface area is 127 Å². The van der Waals surface area contributed by atoms with Crippen molar-refractivity contribution >= 4 is 6.09 Å². The smallest absolute Gasteiger partial charge is 0.422 e. The molecule has 0 heterocycles. The van der Waals surface area contributed by atoms with Crippen molar-refractivity contribution in [3.05, 3.63) is 35.4 Å². The molecule has 118 valence electrons. The number of amides is 1. The van der Waals surface area contributed by atoms with Gasteiger partial charge in [-0.25, -0.2) is 15.2 Å². The monoisotopic (exact) mass is 293 g/mol. The van der Waals surface area contributed by atoms with Crippen molar-refractivity contribution in [3.8, 4) is 0 Å². The molecule has 0 radical (unpaired) electrons. The summed E-state index contributed by atoms with van der Waals surface area (Å²) in [6, 6.07) is 8.21. The van der Waals surface area contributed by atoms with E-state index < -0.39 is 6.09 Å². The molecule has 1 amide bonds. The molecule has 0 saturated heterocycles. The van der Waals surface area contributed by atoms with Crippen molar-refractivity contribution in [2.45, 2.75) is 52.1 Å². The zero-order valence-electron chi connectivity index (χ0n) is 13.0. The van der Waals surface area contributed by atoms with Crippen LogP contribution < -0.4 is 11.2 Å². The first kappa shape index (κ1) is 17.5. The zero-order valence-corrected chi connectivity index (χ0v) is 13.0. The number of carboxylic acid groups (broad SMARTS) is 1. The minimum Gasteiger partial charge on any atom is -0.464 e. The van der Waals surface area contributed by atoms with E-state index in [0.29, 0.717) is 6.54 Å². The SMILES string of the molecule is CC[C@@H](C)N(NCc1cccc(CCCCN)c1)C(=O)O. The van der Waals surface area contributed by atoms with Crippen LogP contribution in [0.15, 0.2) is 24.3 Å². The largest absolute Gasteiger partial charge is 0.464 e. The van der Waals surface area contributed by atoms with Crippen LogP contribution in [0.5, 0.6) is 0 Å². The van der Waals surface area contributed by atoms with E-state index in [0.717, 1.165) is 37.8 Å². The number of hydrogen-bond donors (Lipinski definition) is 3. The van der Waals surface area contributed by atoms with Crippen molar-refractivity contribution in [2.75, 3.05) is 6.54 Å². The highest BCUT2D eigenvalue weighted by molar-refractivity contribution is 5.64. The lowest BCUT2D eigenvalue weighted by atomic mass is 10.1. The Morgan fingerprint density at radius 1 is 1.38 bits per heavy atom. The van der Waals surface area contributed by atoms with Gasteiger partial charge in [-0.3, -0.25) is 0 Å². The van der Waals surface area contributed by atoms with Gasteiger partial charge in [-0.15, -0.1) is 0 Å². The van der Waals surface area contributed by atoms with Gasteiger partial charge >= 0.3 is 6.09 Å². The normalized spacial score (nSPS) is 12.1. The summed E-state index contributed by atoms with van der Waals surface area (Å²) in [6.07, 6.45) is 2.96. The van der Waals surface area contributed by atoms with E-state index in [1.807, 2.05) is 26.0 Å². The van der Waals surface area contributed by atoms with E-state index in [1.165, 1.54) is 10.6 Å². The number of benzene rings is 1. The predicted octanol–water partition coefficient (Wildman–Crippen LogP) is 2.75. The minimum absolute atomic E-state index is 0.0461. The maximum atomic E-state index is 11.2. The fraction of sp³-hybridized carbons (Fsp3) is 0.562. The van der Waals surface area contributed by atoms with Crippen molar-refractivity contribution < 1.29 is 9.90 Å². The molecule has 4 N–H and O–H groups in total. The molecule has 0 bridgehead atoms. The van der Waals surface area contributed by atoms with E-state index in [4.69, 9.17) is 5.73 Å². The molecule has 1 atom stereocenters. The molecule has 0 aliphatic carbocycles. The van der Waals surface area contributed by atoms with Gasteiger partial charge in [-0.2, -0.15) is 0 Å². The number of hydrogen-bond acceptors (Lipinski definition) is 3. The summed E-state index contributed by atoms with van der Waals surface area (Å²) in [5.74, 6) is 0. The van der Waals surface area contributed by atoms with E-state index in [1.54, 1.807) is 0 Å². The fourth-order valence-corrected chi connectivity index (χ4v) is 2.14. The highest BCUT2D eigenvalue weighted by Crippen LogP contribution is 2.09. The molecule has 1 rings (SSSR count). The number of carbonyl (C=O) groups is 1. The van der Waals surface area contributed by atoms with Crippen LogP contribution in [0, 0.1) is 0 Å². The molecule has 0 aromatic heterocycles. The molecule has 0 fully saturated rings. The first-order valence-corrected chi connectivity index (χ1v) is 7.62. The van der Waals surface area contributed by atoms with Crippen LogP contribution in [0.4, 0.5) is 4.79 Å². The predicted molar refractivity (Wildman–Crippen MR) is 84.9 cm³/mol. The van der Waals surface area contributed by atoms with Crippen LogP contribution in [0.1, 0.15) is 44.2 Å². The summed E-state index contributed by atoms with van der Waals surface area (Å²) in [5, 5.41) is 10.5. The van der Waals surface area contributed by atoms with Crippen LogP contribution >= 0.6 is 0 Å². The number of nitrogens with two attached hydrogens (primary N) is 1. The number of nitrogens with one attached hydrogen (secondary N) is 1. The van der Waals surface area contributed by atoms with E-state index >= 15 is 0 Å². The summed E-state index contributed by atoms with van der Waals surface area (Å²) in [6.45, 7) is 5.11. The third kappa shape index (κ3) is 6.14.